The lowest BCUT2D eigenvalue weighted by Gasteiger charge is -2.32. The Morgan fingerprint density at radius 3 is 2.52 bits per heavy atom. The van der Waals surface area contributed by atoms with E-state index in [0.29, 0.717) is 12.6 Å². The highest BCUT2D eigenvalue weighted by molar-refractivity contribution is 14.0. The molecule has 0 radical (unpaired) electrons. The number of nitrogens with zero attached hydrogens (tertiary/aromatic N) is 1. The van der Waals surface area contributed by atoms with E-state index in [9.17, 15) is 5.11 Å². The molecule has 0 bridgehead atoms. The second-order valence-corrected chi connectivity index (χ2v) is 8.33. The SMILES string of the molecule is CCNC(=NCC1(O)CCSC1)NC1CCC(C(C)C)CC1.I. The summed E-state index contributed by atoms with van der Waals surface area (Å²) in [7, 11) is 0. The third kappa shape index (κ3) is 6.98. The van der Waals surface area contributed by atoms with E-state index in [0.717, 1.165) is 42.3 Å². The molecular formula is C17H34IN3OS. The van der Waals surface area contributed by atoms with Gasteiger partial charge in [-0.15, -0.1) is 24.0 Å². The molecule has 1 saturated carbocycles. The van der Waals surface area contributed by atoms with Gasteiger partial charge in [0, 0.05) is 18.3 Å². The van der Waals surface area contributed by atoms with Gasteiger partial charge in [0.15, 0.2) is 5.96 Å². The third-order valence-corrected chi connectivity index (χ3v) is 6.25. The Balaban J connectivity index is 0.00000264. The standard InChI is InChI=1S/C17H33N3OS.HI/c1-4-18-16(19-11-17(21)9-10-22-12-17)20-15-7-5-14(6-8-15)13(2)3;/h13-15,21H,4-12H2,1-3H3,(H2,18,19,20);1H. The van der Waals surface area contributed by atoms with Crippen LogP contribution in [0, 0.1) is 11.8 Å². The first-order valence-electron chi connectivity index (χ1n) is 8.87. The Morgan fingerprint density at radius 1 is 1.30 bits per heavy atom. The van der Waals surface area contributed by atoms with Crippen LogP contribution in [0.25, 0.3) is 0 Å². The van der Waals surface area contributed by atoms with Crippen LogP contribution in [-0.2, 0) is 0 Å². The van der Waals surface area contributed by atoms with Crippen molar-refractivity contribution in [1.29, 1.82) is 0 Å². The molecule has 3 N–H and O–H groups in total. The number of halogens is 1. The number of nitrogens with one attached hydrogen (secondary N) is 2. The molecule has 1 atom stereocenters. The number of hydrogen-bond donors (Lipinski definition) is 3. The Kier molecular flexibility index (Phi) is 9.59. The molecule has 2 rings (SSSR count). The highest BCUT2D eigenvalue weighted by Gasteiger charge is 2.31. The van der Waals surface area contributed by atoms with Gasteiger partial charge < -0.3 is 15.7 Å². The molecule has 1 aliphatic carbocycles. The summed E-state index contributed by atoms with van der Waals surface area (Å²) in [5.74, 6) is 4.43. The Bertz CT molecular complexity index is 365. The fraction of sp³-hybridized carbons (Fsp3) is 0.941. The van der Waals surface area contributed by atoms with E-state index in [4.69, 9.17) is 0 Å². The van der Waals surface area contributed by atoms with Crippen molar-refractivity contribution in [2.45, 2.75) is 64.5 Å². The summed E-state index contributed by atoms with van der Waals surface area (Å²) in [5.41, 5.74) is -0.595. The summed E-state index contributed by atoms with van der Waals surface area (Å²) in [6.45, 7) is 8.14. The Labute approximate surface area is 163 Å². The molecule has 1 unspecified atom stereocenters. The van der Waals surface area contributed by atoms with Crippen molar-refractivity contribution in [1.82, 2.24) is 10.6 Å². The van der Waals surface area contributed by atoms with Crippen molar-refractivity contribution in [3.05, 3.63) is 0 Å². The van der Waals surface area contributed by atoms with Crippen LogP contribution in [0.15, 0.2) is 4.99 Å². The van der Waals surface area contributed by atoms with Crippen LogP contribution in [0.2, 0.25) is 0 Å². The molecule has 0 aromatic heterocycles. The van der Waals surface area contributed by atoms with Crippen molar-refractivity contribution in [2.24, 2.45) is 16.8 Å². The fourth-order valence-corrected chi connectivity index (χ4v) is 4.68. The van der Waals surface area contributed by atoms with Gasteiger partial charge in [-0.25, -0.2) is 0 Å². The third-order valence-electron chi connectivity index (χ3n) is 5.01. The maximum Gasteiger partial charge on any atom is 0.191 e. The summed E-state index contributed by atoms with van der Waals surface area (Å²) < 4.78 is 0. The van der Waals surface area contributed by atoms with Crippen molar-refractivity contribution < 1.29 is 5.11 Å². The van der Waals surface area contributed by atoms with Gasteiger partial charge in [0.1, 0.15) is 0 Å². The minimum Gasteiger partial charge on any atom is -0.387 e. The summed E-state index contributed by atoms with van der Waals surface area (Å²) in [6, 6.07) is 0.528. The van der Waals surface area contributed by atoms with E-state index in [1.54, 1.807) is 0 Å². The van der Waals surface area contributed by atoms with Crippen LogP contribution in [0.1, 0.15) is 52.9 Å². The predicted octanol–water partition coefficient (Wildman–Crippen LogP) is 3.24. The van der Waals surface area contributed by atoms with Gasteiger partial charge in [0.05, 0.1) is 12.1 Å². The van der Waals surface area contributed by atoms with E-state index in [-0.39, 0.29) is 24.0 Å². The number of hydrogen-bond acceptors (Lipinski definition) is 3. The molecule has 0 spiro atoms. The number of aliphatic hydroxyl groups is 1. The average Bonchev–Trinajstić information content (AvgIpc) is 2.93. The molecule has 0 amide bonds. The molecule has 6 heteroatoms. The van der Waals surface area contributed by atoms with Crippen molar-refractivity contribution in [3.8, 4) is 0 Å². The maximum absolute atomic E-state index is 10.4. The fourth-order valence-electron chi connectivity index (χ4n) is 3.39. The van der Waals surface area contributed by atoms with Crippen LogP contribution in [-0.4, -0.2) is 47.3 Å². The molecule has 136 valence electrons. The zero-order chi connectivity index (χ0) is 16.0. The average molecular weight is 455 g/mol. The van der Waals surface area contributed by atoms with Crippen LogP contribution >= 0.6 is 35.7 Å². The van der Waals surface area contributed by atoms with E-state index >= 15 is 0 Å². The monoisotopic (exact) mass is 455 g/mol. The van der Waals surface area contributed by atoms with Crippen LogP contribution in [0.5, 0.6) is 0 Å². The van der Waals surface area contributed by atoms with Gasteiger partial charge in [-0.1, -0.05) is 13.8 Å². The number of rotatable bonds is 5. The largest absolute Gasteiger partial charge is 0.387 e. The van der Waals surface area contributed by atoms with Gasteiger partial charge in [-0.05, 0) is 56.6 Å². The maximum atomic E-state index is 10.4. The van der Waals surface area contributed by atoms with E-state index in [1.807, 2.05) is 11.8 Å². The number of aliphatic imine (C=N–C) groups is 1. The first-order valence-corrected chi connectivity index (χ1v) is 10.0. The zero-order valence-corrected chi connectivity index (χ0v) is 18.0. The van der Waals surface area contributed by atoms with Crippen LogP contribution in [0.4, 0.5) is 0 Å². The highest BCUT2D eigenvalue weighted by atomic mass is 127. The molecular weight excluding hydrogens is 421 g/mol. The molecule has 0 aromatic rings. The lowest BCUT2D eigenvalue weighted by molar-refractivity contribution is 0.0778. The second-order valence-electron chi connectivity index (χ2n) is 7.22. The van der Waals surface area contributed by atoms with E-state index in [1.165, 1.54) is 25.7 Å². The van der Waals surface area contributed by atoms with Crippen molar-refractivity contribution in [2.75, 3.05) is 24.6 Å². The van der Waals surface area contributed by atoms with Crippen LogP contribution < -0.4 is 10.6 Å². The van der Waals surface area contributed by atoms with Gasteiger partial charge in [-0.3, -0.25) is 4.99 Å². The summed E-state index contributed by atoms with van der Waals surface area (Å²) in [5, 5.41) is 17.3. The molecule has 2 aliphatic rings. The van der Waals surface area contributed by atoms with Gasteiger partial charge in [-0.2, -0.15) is 11.8 Å². The first-order chi connectivity index (χ1) is 10.5. The zero-order valence-electron chi connectivity index (χ0n) is 14.8. The smallest absolute Gasteiger partial charge is 0.191 e. The van der Waals surface area contributed by atoms with Crippen LogP contribution in [0.3, 0.4) is 0 Å². The van der Waals surface area contributed by atoms with E-state index in [2.05, 4.69) is 36.4 Å². The molecule has 0 aromatic carbocycles. The molecule has 23 heavy (non-hydrogen) atoms. The lowest BCUT2D eigenvalue weighted by Crippen LogP contribution is -2.46. The van der Waals surface area contributed by atoms with Gasteiger partial charge >= 0.3 is 0 Å². The summed E-state index contributed by atoms with van der Waals surface area (Å²) >= 11 is 1.82. The molecule has 4 nitrogen and oxygen atoms in total. The second kappa shape index (κ2) is 10.3. The first kappa shape index (κ1) is 21.4. The number of thioether (sulfide) groups is 1. The topological polar surface area (TPSA) is 56.7 Å². The quantitative estimate of drug-likeness (QED) is 0.339. The predicted molar refractivity (Wildman–Crippen MR) is 112 cm³/mol. The normalized spacial score (nSPS) is 31.8. The number of guanidine groups is 1. The van der Waals surface area contributed by atoms with Gasteiger partial charge in [0.2, 0.25) is 0 Å². The Morgan fingerprint density at radius 2 is 2.00 bits per heavy atom. The summed E-state index contributed by atoms with van der Waals surface area (Å²) in [6.07, 6.45) is 5.95. The minimum atomic E-state index is -0.595. The van der Waals surface area contributed by atoms with Crippen molar-refractivity contribution >= 4 is 41.7 Å². The Hall–Kier alpha value is 0.310. The molecule has 2 fully saturated rings. The summed E-state index contributed by atoms with van der Waals surface area (Å²) in [4.78, 5) is 4.65. The van der Waals surface area contributed by atoms with Crippen molar-refractivity contribution in [3.63, 3.8) is 0 Å². The van der Waals surface area contributed by atoms with Gasteiger partial charge in [0.25, 0.3) is 0 Å². The lowest BCUT2D eigenvalue weighted by atomic mass is 9.80. The molecule has 1 heterocycles. The minimum absolute atomic E-state index is 0. The molecule has 1 saturated heterocycles. The highest BCUT2D eigenvalue weighted by Crippen LogP contribution is 2.30. The molecule has 1 aliphatic heterocycles. The van der Waals surface area contributed by atoms with E-state index < -0.39 is 5.60 Å².